The molecule has 0 aliphatic carbocycles. The van der Waals surface area contributed by atoms with Gasteiger partial charge in [-0.3, -0.25) is 0 Å². The van der Waals surface area contributed by atoms with Crippen LogP contribution in [0.4, 0.5) is 0 Å². The summed E-state index contributed by atoms with van der Waals surface area (Å²) in [4.78, 5) is 8.20. The van der Waals surface area contributed by atoms with Gasteiger partial charge < -0.3 is 10.3 Å². The number of aromatic nitrogens is 2. The maximum Gasteiger partial charge on any atom is 0.108 e. The average Bonchev–Trinajstić information content (AvgIpc) is 2.80. The summed E-state index contributed by atoms with van der Waals surface area (Å²) >= 11 is 0. The van der Waals surface area contributed by atoms with E-state index in [4.69, 9.17) is 4.98 Å². The molecular weight excluding hydrogens is 234 g/mol. The molecule has 2 N–H and O–H groups in total. The lowest BCUT2D eigenvalue weighted by molar-refractivity contribution is 0.395. The van der Waals surface area contributed by atoms with Crippen LogP contribution in [0.1, 0.15) is 50.4 Å². The van der Waals surface area contributed by atoms with Gasteiger partial charge in [0.2, 0.25) is 0 Å². The molecule has 19 heavy (non-hydrogen) atoms. The van der Waals surface area contributed by atoms with Gasteiger partial charge in [0.15, 0.2) is 0 Å². The lowest BCUT2D eigenvalue weighted by Gasteiger charge is -2.22. The Morgan fingerprint density at radius 2 is 2.21 bits per heavy atom. The number of H-pyrrole nitrogens is 1. The molecule has 3 nitrogen and oxygen atoms in total. The van der Waals surface area contributed by atoms with E-state index in [1.807, 2.05) is 0 Å². The molecule has 1 fully saturated rings. The smallest absolute Gasteiger partial charge is 0.108 e. The summed E-state index contributed by atoms with van der Waals surface area (Å²) in [5, 5.41) is 3.58. The first-order valence-corrected chi connectivity index (χ1v) is 7.44. The molecule has 1 aromatic heterocycles. The van der Waals surface area contributed by atoms with E-state index < -0.39 is 0 Å². The van der Waals surface area contributed by atoms with E-state index >= 15 is 0 Å². The molecule has 1 aromatic carbocycles. The number of fused-ring (bicyclic) bond motifs is 1. The van der Waals surface area contributed by atoms with Gasteiger partial charge in [-0.25, -0.2) is 4.98 Å². The first-order valence-electron chi connectivity index (χ1n) is 7.44. The van der Waals surface area contributed by atoms with Crippen LogP contribution in [0.15, 0.2) is 18.2 Å². The van der Waals surface area contributed by atoms with Crippen molar-refractivity contribution in [3.05, 3.63) is 29.6 Å². The normalized spacial score (nSPS) is 20.3. The van der Waals surface area contributed by atoms with E-state index in [9.17, 15) is 0 Å². The van der Waals surface area contributed by atoms with Crippen LogP contribution in [0.2, 0.25) is 0 Å². The van der Waals surface area contributed by atoms with Crippen molar-refractivity contribution < 1.29 is 0 Å². The van der Waals surface area contributed by atoms with Gasteiger partial charge in [-0.1, -0.05) is 26.3 Å². The van der Waals surface area contributed by atoms with Gasteiger partial charge in [-0.15, -0.1) is 0 Å². The summed E-state index contributed by atoms with van der Waals surface area (Å²) < 4.78 is 0. The fraction of sp³-hybridized carbons (Fsp3) is 0.562. The fourth-order valence-electron chi connectivity index (χ4n) is 2.87. The molecule has 2 heterocycles. The highest BCUT2D eigenvalue weighted by molar-refractivity contribution is 5.76. The van der Waals surface area contributed by atoms with E-state index in [2.05, 4.69) is 42.3 Å². The maximum atomic E-state index is 4.71. The van der Waals surface area contributed by atoms with Gasteiger partial charge in [0.25, 0.3) is 0 Å². The Balaban J connectivity index is 1.80. The molecule has 0 amide bonds. The van der Waals surface area contributed by atoms with Crippen molar-refractivity contribution in [2.45, 2.75) is 51.5 Å². The Hall–Kier alpha value is -1.35. The Morgan fingerprint density at radius 1 is 1.32 bits per heavy atom. The van der Waals surface area contributed by atoms with Gasteiger partial charge in [-0.2, -0.15) is 0 Å². The molecule has 1 atom stereocenters. The van der Waals surface area contributed by atoms with E-state index in [0.29, 0.717) is 12.0 Å². The quantitative estimate of drug-likeness (QED) is 0.885. The zero-order valence-electron chi connectivity index (χ0n) is 11.9. The topological polar surface area (TPSA) is 40.7 Å². The van der Waals surface area contributed by atoms with Gasteiger partial charge >= 0.3 is 0 Å². The monoisotopic (exact) mass is 257 g/mol. The van der Waals surface area contributed by atoms with E-state index in [-0.39, 0.29) is 0 Å². The van der Waals surface area contributed by atoms with Crippen LogP contribution in [0.25, 0.3) is 11.0 Å². The number of rotatable bonds is 3. The lowest BCUT2D eigenvalue weighted by atomic mass is 10.0. The molecule has 3 rings (SSSR count). The van der Waals surface area contributed by atoms with Crippen molar-refractivity contribution in [3.63, 3.8) is 0 Å². The van der Waals surface area contributed by atoms with E-state index in [1.54, 1.807) is 0 Å². The molecule has 0 saturated carbocycles. The van der Waals surface area contributed by atoms with Crippen molar-refractivity contribution >= 4 is 11.0 Å². The molecule has 0 radical (unpaired) electrons. The minimum absolute atomic E-state index is 0.566. The van der Waals surface area contributed by atoms with Crippen LogP contribution in [0.3, 0.4) is 0 Å². The van der Waals surface area contributed by atoms with Crippen molar-refractivity contribution in [1.82, 2.24) is 15.3 Å². The summed E-state index contributed by atoms with van der Waals surface area (Å²) in [7, 11) is 0. The third kappa shape index (κ3) is 2.81. The second kappa shape index (κ2) is 5.33. The zero-order chi connectivity index (χ0) is 13.2. The van der Waals surface area contributed by atoms with Crippen LogP contribution < -0.4 is 5.32 Å². The Kier molecular flexibility index (Phi) is 3.56. The Bertz CT molecular complexity index is 550. The zero-order valence-corrected chi connectivity index (χ0v) is 11.9. The SMILES string of the molecule is CC(C)c1ccc2nc(CC3CCCCN3)[nH]c2c1. The number of nitrogens with zero attached hydrogens (tertiary/aromatic N) is 1. The summed E-state index contributed by atoms with van der Waals surface area (Å²) in [6.45, 7) is 5.61. The molecule has 2 aromatic rings. The predicted molar refractivity (Wildman–Crippen MR) is 79.5 cm³/mol. The first kappa shape index (κ1) is 12.7. The standard InChI is InChI=1S/C16H23N3/c1-11(2)12-6-7-14-15(9-12)19-16(18-14)10-13-5-3-4-8-17-13/h6-7,9,11,13,17H,3-5,8,10H2,1-2H3,(H,18,19). The molecule has 1 saturated heterocycles. The Morgan fingerprint density at radius 3 is 2.95 bits per heavy atom. The summed E-state index contributed by atoms with van der Waals surface area (Å²) in [5.41, 5.74) is 3.64. The van der Waals surface area contributed by atoms with Gasteiger partial charge in [0.05, 0.1) is 11.0 Å². The largest absolute Gasteiger partial charge is 0.342 e. The van der Waals surface area contributed by atoms with Crippen molar-refractivity contribution in [2.24, 2.45) is 0 Å². The molecule has 1 aliphatic rings. The molecular formula is C16H23N3. The summed E-state index contributed by atoms with van der Waals surface area (Å²) in [6, 6.07) is 7.17. The molecule has 1 aliphatic heterocycles. The highest BCUT2D eigenvalue weighted by Crippen LogP contribution is 2.21. The maximum absolute atomic E-state index is 4.71. The third-order valence-electron chi connectivity index (χ3n) is 4.07. The highest BCUT2D eigenvalue weighted by atomic mass is 15.0. The van der Waals surface area contributed by atoms with Crippen LogP contribution in [0.5, 0.6) is 0 Å². The molecule has 3 heteroatoms. The van der Waals surface area contributed by atoms with Crippen LogP contribution in [-0.4, -0.2) is 22.6 Å². The molecule has 0 spiro atoms. The fourth-order valence-corrected chi connectivity index (χ4v) is 2.87. The van der Waals surface area contributed by atoms with Gasteiger partial charge in [0.1, 0.15) is 5.82 Å². The number of aromatic amines is 1. The lowest BCUT2D eigenvalue weighted by Crippen LogP contribution is -2.35. The molecule has 1 unspecified atom stereocenters. The second-order valence-corrected chi connectivity index (χ2v) is 5.97. The second-order valence-electron chi connectivity index (χ2n) is 5.97. The number of imidazole rings is 1. The van der Waals surface area contributed by atoms with Gasteiger partial charge in [-0.05, 0) is 43.0 Å². The van der Waals surface area contributed by atoms with Crippen molar-refractivity contribution in [3.8, 4) is 0 Å². The summed E-state index contributed by atoms with van der Waals surface area (Å²) in [6.07, 6.45) is 4.95. The highest BCUT2D eigenvalue weighted by Gasteiger charge is 2.15. The molecule has 102 valence electrons. The number of piperidine rings is 1. The minimum atomic E-state index is 0.566. The first-order chi connectivity index (χ1) is 9.22. The summed E-state index contributed by atoms with van der Waals surface area (Å²) in [5.74, 6) is 1.69. The number of nitrogens with one attached hydrogen (secondary N) is 2. The number of hydrogen-bond acceptors (Lipinski definition) is 2. The van der Waals surface area contributed by atoms with Crippen molar-refractivity contribution in [1.29, 1.82) is 0 Å². The van der Waals surface area contributed by atoms with Crippen molar-refractivity contribution in [2.75, 3.05) is 6.54 Å². The molecule has 0 bridgehead atoms. The van der Waals surface area contributed by atoms with E-state index in [1.165, 1.54) is 30.3 Å². The van der Waals surface area contributed by atoms with Gasteiger partial charge in [0, 0.05) is 12.5 Å². The van der Waals surface area contributed by atoms with Crippen LogP contribution >= 0.6 is 0 Å². The average molecular weight is 257 g/mol. The van der Waals surface area contributed by atoms with E-state index in [0.717, 1.165) is 24.3 Å². The predicted octanol–water partition coefficient (Wildman–Crippen LogP) is 3.37. The van der Waals surface area contributed by atoms with Crippen LogP contribution in [-0.2, 0) is 6.42 Å². The number of hydrogen-bond donors (Lipinski definition) is 2. The van der Waals surface area contributed by atoms with Crippen LogP contribution in [0, 0.1) is 0 Å². The third-order valence-corrected chi connectivity index (χ3v) is 4.07. The minimum Gasteiger partial charge on any atom is -0.342 e. The Labute approximate surface area is 114 Å². The number of benzene rings is 1.